The Kier molecular flexibility index (Phi) is 10.4. The van der Waals surface area contributed by atoms with Crippen molar-refractivity contribution in [2.45, 2.75) is 60.2 Å². The molecule has 0 bridgehead atoms. The molecule has 0 atom stereocenters. The molecule has 0 radical (unpaired) electrons. The molecule has 0 aliphatic carbocycles. The van der Waals surface area contributed by atoms with Crippen LogP contribution in [0.2, 0.25) is 0 Å². The number of aromatic nitrogens is 3. The van der Waals surface area contributed by atoms with E-state index in [4.69, 9.17) is 0 Å². The Hall–Kier alpha value is -2.18. The van der Waals surface area contributed by atoms with Crippen molar-refractivity contribution in [1.82, 2.24) is 14.8 Å². The van der Waals surface area contributed by atoms with E-state index >= 15 is 0 Å². The van der Waals surface area contributed by atoms with E-state index in [2.05, 4.69) is 10.1 Å². The first-order valence-corrected chi connectivity index (χ1v) is 8.49. The monoisotopic (exact) mass is 357 g/mol. The van der Waals surface area contributed by atoms with Crippen LogP contribution in [0.15, 0.2) is 30.6 Å². The molecular formula is C18H26F3N3O. The van der Waals surface area contributed by atoms with Crippen molar-refractivity contribution in [1.29, 1.82) is 0 Å². The molecule has 7 heteroatoms. The predicted molar refractivity (Wildman–Crippen MR) is 92.5 cm³/mol. The highest BCUT2D eigenvalue weighted by Gasteiger charge is 2.35. The molecular weight excluding hydrogens is 331 g/mol. The van der Waals surface area contributed by atoms with Gasteiger partial charge in [0.05, 0.1) is 6.54 Å². The number of halogens is 3. The van der Waals surface area contributed by atoms with Crippen LogP contribution in [0.3, 0.4) is 0 Å². The molecule has 2 aromatic rings. The second-order valence-corrected chi connectivity index (χ2v) is 4.60. The van der Waals surface area contributed by atoms with E-state index in [-0.39, 0.29) is 24.4 Å². The smallest absolute Gasteiger partial charge is 0.292 e. The third-order valence-corrected chi connectivity index (χ3v) is 2.91. The molecule has 0 saturated heterocycles. The number of carbonyl (C=O) groups is 1. The van der Waals surface area contributed by atoms with Crippen LogP contribution in [-0.4, -0.2) is 20.5 Å². The Morgan fingerprint density at radius 3 is 2.16 bits per heavy atom. The third kappa shape index (κ3) is 7.07. The van der Waals surface area contributed by atoms with Crippen LogP contribution in [0.1, 0.15) is 69.2 Å². The van der Waals surface area contributed by atoms with Crippen molar-refractivity contribution in [2.24, 2.45) is 0 Å². The van der Waals surface area contributed by atoms with Crippen molar-refractivity contribution in [2.75, 3.05) is 0 Å². The minimum atomic E-state index is -4.56. The maximum Gasteiger partial charge on any atom is 0.435 e. The zero-order valence-electron chi connectivity index (χ0n) is 15.4. The minimum Gasteiger partial charge on any atom is -0.292 e. The van der Waals surface area contributed by atoms with Gasteiger partial charge in [0.15, 0.2) is 11.5 Å². The Bertz CT molecular complexity index is 622. The maximum absolute atomic E-state index is 12.8. The fraction of sp³-hybridized carbons (Fsp3) is 0.500. The quantitative estimate of drug-likeness (QED) is 0.675. The van der Waals surface area contributed by atoms with Gasteiger partial charge in [-0.1, -0.05) is 34.6 Å². The maximum atomic E-state index is 12.8. The molecule has 0 N–H and O–H groups in total. The lowest BCUT2D eigenvalue weighted by Crippen LogP contribution is -2.12. The average molecular weight is 357 g/mol. The molecule has 0 amide bonds. The summed E-state index contributed by atoms with van der Waals surface area (Å²) < 4.78 is 39.4. The molecule has 0 aromatic carbocycles. The second kappa shape index (κ2) is 11.4. The predicted octanol–water partition coefficient (Wildman–Crippen LogP) is 5.38. The third-order valence-electron chi connectivity index (χ3n) is 2.91. The number of Topliss-reactive ketones (excluding diaryl/α,β-unsaturated/α-hetero) is 1. The highest BCUT2D eigenvalue weighted by atomic mass is 19.4. The van der Waals surface area contributed by atoms with E-state index in [9.17, 15) is 18.0 Å². The van der Waals surface area contributed by atoms with Gasteiger partial charge in [-0.15, -0.1) is 0 Å². The molecule has 2 heterocycles. The SMILES string of the molecule is CC.CC.CCCC(=O)c1cc(C(F)(F)F)nn1Cc1ccncc1. The number of pyridine rings is 1. The Morgan fingerprint density at radius 2 is 1.68 bits per heavy atom. The van der Waals surface area contributed by atoms with Gasteiger partial charge in [-0.3, -0.25) is 14.5 Å². The summed E-state index contributed by atoms with van der Waals surface area (Å²) in [6, 6.07) is 4.16. The summed E-state index contributed by atoms with van der Waals surface area (Å²) in [5.74, 6) is -0.338. The van der Waals surface area contributed by atoms with E-state index in [0.29, 0.717) is 6.42 Å². The summed E-state index contributed by atoms with van der Waals surface area (Å²) in [6.45, 7) is 9.90. The second-order valence-electron chi connectivity index (χ2n) is 4.60. The van der Waals surface area contributed by atoms with Gasteiger partial charge in [-0.05, 0) is 30.2 Å². The molecule has 25 heavy (non-hydrogen) atoms. The molecule has 0 spiro atoms. The molecule has 4 nitrogen and oxygen atoms in total. The summed E-state index contributed by atoms with van der Waals surface area (Å²) in [6.07, 6.45) is -0.723. The van der Waals surface area contributed by atoms with Gasteiger partial charge in [0.25, 0.3) is 0 Å². The van der Waals surface area contributed by atoms with E-state index < -0.39 is 11.9 Å². The standard InChI is InChI=1S/C14H14F3N3O.2C2H6/c1-2-3-12(21)11-8-13(14(15,16)17)19-20(11)9-10-4-6-18-7-5-10;2*1-2/h4-8H,2-3,9H2,1H3;2*1-2H3. The number of ketones is 1. The summed E-state index contributed by atoms with van der Waals surface area (Å²) >= 11 is 0. The van der Waals surface area contributed by atoms with Gasteiger partial charge in [0, 0.05) is 18.8 Å². The van der Waals surface area contributed by atoms with E-state index in [1.165, 1.54) is 12.4 Å². The molecule has 0 fully saturated rings. The Morgan fingerprint density at radius 1 is 1.12 bits per heavy atom. The van der Waals surface area contributed by atoms with E-state index in [1.807, 2.05) is 27.7 Å². The van der Waals surface area contributed by atoms with Crippen LogP contribution < -0.4 is 0 Å². The van der Waals surface area contributed by atoms with E-state index in [1.54, 1.807) is 19.1 Å². The van der Waals surface area contributed by atoms with Crippen LogP contribution in [0.25, 0.3) is 0 Å². The van der Waals surface area contributed by atoms with Crippen molar-refractivity contribution in [3.63, 3.8) is 0 Å². The van der Waals surface area contributed by atoms with Crippen molar-refractivity contribution >= 4 is 5.78 Å². The average Bonchev–Trinajstić information content (AvgIpc) is 3.04. The fourth-order valence-corrected chi connectivity index (χ4v) is 1.92. The first kappa shape index (κ1) is 22.8. The van der Waals surface area contributed by atoms with Gasteiger partial charge in [-0.2, -0.15) is 18.3 Å². The zero-order chi connectivity index (χ0) is 19.5. The molecule has 0 unspecified atom stereocenters. The van der Waals surface area contributed by atoms with Gasteiger partial charge in [0.2, 0.25) is 0 Å². The molecule has 0 saturated carbocycles. The molecule has 0 aliphatic heterocycles. The highest BCUT2D eigenvalue weighted by molar-refractivity contribution is 5.94. The first-order valence-electron chi connectivity index (χ1n) is 8.49. The van der Waals surface area contributed by atoms with Crippen LogP contribution in [0, 0.1) is 0 Å². The van der Waals surface area contributed by atoms with Crippen LogP contribution in [-0.2, 0) is 12.7 Å². The zero-order valence-corrected chi connectivity index (χ0v) is 15.4. The summed E-state index contributed by atoms with van der Waals surface area (Å²) in [4.78, 5) is 15.8. The number of alkyl halides is 3. The number of hydrogen-bond donors (Lipinski definition) is 0. The van der Waals surface area contributed by atoms with Gasteiger partial charge in [-0.25, -0.2) is 0 Å². The van der Waals surface area contributed by atoms with Gasteiger partial charge in [0.1, 0.15) is 5.69 Å². The summed E-state index contributed by atoms with van der Waals surface area (Å²) in [7, 11) is 0. The first-order chi connectivity index (χ1) is 11.9. The molecule has 2 aromatic heterocycles. The highest BCUT2D eigenvalue weighted by Crippen LogP contribution is 2.29. The van der Waals surface area contributed by atoms with Gasteiger partial charge >= 0.3 is 6.18 Å². The summed E-state index contributed by atoms with van der Waals surface area (Å²) in [5.41, 5.74) is -0.329. The number of hydrogen-bond acceptors (Lipinski definition) is 3. The van der Waals surface area contributed by atoms with Crippen LogP contribution in [0.4, 0.5) is 13.2 Å². The largest absolute Gasteiger partial charge is 0.435 e. The van der Waals surface area contributed by atoms with Crippen molar-refractivity contribution in [3.8, 4) is 0 Å². The Balaban J connectivity index is 0.00000134. The fourth-order valence-electron chi connectivity index (χ4n) is 1.92. The molecule has 0 aliphatic rings. The summed E-state index contributed by atoms with van der Waals surface area (Å²) in [5, 5.41) is 3.53. The lowest BCUT2D eigenvalue weighted by molar-refractivity contribution is -0.141. The Labute approximate surface area is 147 Å². The van der Waals surface area contributed by atoms with Crippen molar-refractivity contribution < 1.29 is 18.0 Å². The van der Waals surface area contributed by atoms with Crippen LogP contribution in [0.5, 0.6) is 0 Å². The van der Waals surface area contributed by atoms with Gasteiger partial charge < -0.3 is 0 Å². The molecule has 140 valence electrons. The number of nitrogens with zero attached hydrogens (tertiary/aromatic N) is 3. The van der Waals surface area contributed by atoms with E-state index in [0.717, 1.165) is 16.3 Å². The van der Waals surface area contributed by atoms with Crippen molar-refractivity contribution in [3.05, 3.63) is 47.5 Å². The molecule has 2 rings (SSSR count). The number of carbonyl (C=O) groups excluding carboxylic acids is 1. The normalized spacial score (nSPS) is 10.2. The topological polar surface area (TPSA) is 47.8 Å². The lowest BCUT2D eigenvalue weighted by Gasteiger charge is -2.06. The number of rotatable bonds is 5. The van der Waals surface area contributed by atoms with Crippen LogP contribution >= 0.6 is 0 Å². The lowest BCUT2D eigenvalue weighted by atomic mass is 10.1. The minimum absolute atomic E-state index is 0.0130.